The second kappa shape index (κ2) is 11.0. The molecule has 0 bridgehead atoms. The standard InChI is InChI=1S/C25H25FN2O6S/c1-17-4-11-21(12-5-17)35(31,32)28(3)19-7-9-20(10-8-19)33-16-25(30)34-15-24(29)27-23-13-6-18(2)14-22(23)26/h4-14H,15-16H2,1-3H3,(H,27,29). The summed E-state index contributed by atoms with van der Waals surface area (Å²) in [5, 5.41) is 2.32. The van der Waals surface area contributed by atoms with Gasteiger partial charge in [-0.15, -0.1) is 0 Å². The van der Waals surface area contributed by atoms with Crippen LogP contribution in [0, 0.1) is 19.7 Å². The number of benzene rings is 3. The first-order chi connectivity index (χ1) is 16.6. The number of aryl methyl sites for hydroxylation is 2. The molecule has 0 heterocycles. The molecule has 0 saturated carbocycles. The Morgan fingerprint density at radius 3 is 2.17 bits per heavy atom. The molecule has 35 heavy (non-hydrogen) atoms. The number of nitrogens with one attached hydrogen (secondary N) is 1. The van der Waals surface area contributed by atoms with Crippen molar-refractivity contribution in [3.05, 3.63) is 83.7 Å². The zero-order chi connectivity index (χ0) is 25.6. The lowest BCUT2D eigenvalue weighted by atomic mass is 10.2. The Bertz CT molecular complexity index is 1310. The summed E-state index contributed by atoms with van der Waals surface area (Å²) in [4.78, 5) is 23.9. The van der Waals surface area contributed by atoms with Crippen LogP contribution in [0.25, 0.3) is 0 Å². The first-order valence-electron chi connectivity index (χ1n) is 10.6. The van der Waals surface area contributed by atoms with Gasteiger partial charge in [0.05, 0.1) is 16.3 Å². The third-order valence-corrected chi connectivity index (χ3v) is 6.80. The molecule has 0 atom stereocenters. The normalized spacial score (nSPS) is 11.0. The zero-order valence-corrected chi connectivity index (χ0v) is 20.3. The second-order valence-electron chi connectivity index (χ2n) is 7.76. The summed E-state index contributed by atoms with van der Waals surface area (Å²) in [5.74, 6) is -1.78. The van der Waals surface area contributed by atoms with Gasteiger partial charge in [0.1, 0.15) is 11.6 Å². The van der Waals surface area contributed by atoms with E-state index in [4.69, 9.17) is 9.47 Å². The van der Waals surface area contributed by atoms with E-state index in [9.17, 15) is 22.4 Å². The molecule has 1 N–H and O–H groups in total. The molecule has 0 radical (unpaired) electrons. The van der Waals surface area contributed by atoms with Crippen LogP contribution in [0.1, 0.15) is 11.1 Å². The van der Waals surface area contributed by atoms with Crippen LogP contribution in [0.15, 0.2) is 71.6 Å². The second-order valence-corrected chi connectivity index (χ2v) is 9.73. The number of nitrogens with zero attached hydrogens (tertiary/aromatic N) is 1. The molecule has 3 rings (SSSR count). The van der Waals surface area contributed by atoms with Gasteiger partial charge in [0.2, 0.25) is 0 Å². The summed E-state index contributed by atoms with van der Waals surface area (Å²) in [5.41, 5.74) is 2.05. The number of amides is 1. The predicted octanol–water partition coefficient (Wildman–Crippen LogP) is 3.83. The number of rotatable bonds is 9. The highest BCUT2D eigenvalue weighted by molar-refractivity contribution is 7.92. The summed E-state index contributed by atoms with van der Waals surface area (Å²) in [7, 11) is -2.29. The summed E-state index contributed by atoms with van der Waals surface area (Å²) in [6, 6.07) is 17.0. The number of carbonyl (C=O) groups is 2. The maximum absolute atomic E-state index is 13.8. The van der Waals surface area contributed by atoms with Crippen molar-refractivity contribution in [2.45, 2.75) is 18.7 Å². The van der Waals surface area contributed by atoms with Crippen LogP contribution >= 0.6 is 0 Å². The van der Waals surface area contributed by atoms with Gasteiger partial charge >= 0.3 is 5.97 Å². The molecular formula is C25H25FN2O6S. The lowest BCUT2D eigenvalue weighted by Crippen LogP contribution is -2.26. The van der Waals surface area contributed by atoms with E-state index in [1.807, 2.05) is 6.92 Å². The Morgan fingerprint density at radius 1 is 0.914 bits per heavy atom. The van der Waals surface area contributed by atoms with Gasteiger partial charge in [0.15, 0.2) is 13.2 Å². The van der Waals surface area contributed by atoms with Gasteiger partial charge in [-0.3, -0.25) is 9.10 Å². The molecule has 10 heteroatoms. The highest BCUT2D eigenvalue weighted by atomic mass is 32.2. The Balaban J connectivity index is 1.49. The summed E-state index contributed by atoms with van der Waals surface area (Å²) >= 11 is 0. The Kier molecular flexibility index (Phi) is 8.08. The van der Waals surface area contributed by atoms with Crippen LogP contribution in [0.5, 0.6) is 5.75 Å². The molecule has 0 aromatic heterocycles. The van der Waals surface area contributed by atoms with Crippen LogP contribution in [0.4, 0.5) is 15.8 Å². The molecule has 0 saturated heterocycles. The van der Waals surface area contributed by atoms with Crippen molar-refractivity contribution in [1.29, 1.82) is 0 Å². The van der Waals surface area contributed by atoms with Gasteiger partial charge in [-0.2, -0.15) is 0 Å². The van der Waals surface area contributed by atoms with Crippen molar-refractivity contribution < 1.29 is 31.9 Å². The fourth-order valence-electron chi connectivity index (χ4n) is 3.00. The van der Waals surface area contributed by atoms with Crippen molar-refractivity contribution in [2.75, 3.05) is 29.9 Å². The van der Waals surface area contributed by atoms with E-state index in [1.165, 1.54) is 43.4 Å². The van der Waals surface area contributed by atoms with Gasteiger partial charge in [0.25, 0.3) is 15.9 Å². The van der Waals surface area contributed by atoms with Gasteiger partial charge in [-0.25, -0.2) is 17.6 Å². The van der Waals surface area contributed by atoms with E-state index >= 15 is 0 Å². The van der Waals surface area contributed by atoms with Gasteiger partial charge in [-0.05, 0) is 67.9 Å². The fraction of sp³-hybridized carbons (Fsp3) is 0.200. The van der Waals surface area contributed by atoms with E-state index in [-0.39, 0.29) is 10.6 Å². The molecule has 0 unspecified atom stereocenters. The van der Waals surface area contributed by atoms with Crippen LogP contribution in [0.2, 0.25) is 0 Å². The maximum Gasteiger partial charge on any atom is 0.344 e. The molecule has 0 aliphatic rings. The summed E-state index contributed by atoms with van der Waals surface area (Å²) in [6.45, 7) is 2.52. The fourth-order valence-corrected chi connectivity index (χ4v) is 4.19. The SMILES string of the molecule is Cc1ccc(S(=O)(=O)N(C)c2ccc(OCC(=O)OCC(=O)Nc3ccc(C)cc3F)cc2)cc1. The molecule has 3 aromatic carbocycles. The average Bonchev–Trinajstić information content (AvgIpc) is 2.83. The van der Waals surface area contributed by atoms with Crippen LogP contribution in [-0.4, -0.2) is 40.6 Å². The molecule has 0 spiro atoms. The van der Waals surface area contributed by atoms with Crippen LogP contribution in [-0.2, 0) is 24.3 Å². The molecule has 0 aliphatic carbocycles. The highest BCUT2D eigenvalue weighted by Crippen LogP contribution is 2.24. The molecule has 1 amide bonds. The minimum Gasteiger partial charge on any atom is -0.482 e. The number of sulfonamides is 1. The highest BCUT2D eigenvalue weighted by Gasteiger charge is 2.21. The zero-order valence-electron chi connectivity index (χ0n) is 19.4. The quantitative estimate of drug-likeness (QED) is 0.448. The van der Waals surface area contributed by atoms with Gasteiger partial charge < -0.3 is 14.8 Å². The Labute approximate surface area is 203 Å². The maximum atomic E-state index is 13.8. The third-order valence-electron chi connectivity index (χ3n) is 5.00. The van der Waals surface area contributed by atoms with Crippen molar-refractivity contribution in [3.8, 4) is 5.75 Å². The van der Waals surface area contributed by atoms with Crippen molar-refractivity contribution in [3.63, 3.8) is 0 Å². The molecule has 0 fully saturated rings. The first-order valence-corrected chi connectivity index (χ1v) is 12.0. The number of ether oxygens (including phenoxy) is 2. The van der Waals surface area contributed by atoms with E-state index < -0.39 is 40.9 Å². The molecule has 8 nitrogen and oxygen atoms in total. The minimum atomic E-state index is -3.73. The van der Waals surface area contributed by atoms with Crippen LogP contribution in [0.3, 0.4) is 0 Å². The van der Waals surface area contributed by atoms with Gasteiger partial charge in [0, 0.05) is 7.05 Å². The molecule has 0 aliphatic heterocycles. The number of hydrogen-bond acceptors (Lipinski definition) is 6. The van der Waals surface area contributed by atoms with Crippen LogP contribution < -0.4 is 14.4 Å². The molecule has 184 valence electrons. The van der Waals surface area contributed by atoms with Crippen molar-refractivity contribution in [2.24, 2.45) is 0 Å². The Hall–Kier alpha value is -3.92. The van der Waals surface area contributed by atoms with Crippen molar-refractivity contribution >= 4 is 33.3 Å². The number of hydrogen-bond donors (Lipinski definition) is 1. The monoisotopic (exact) mass is 500 g/mol. The molecular weight excluding hydrogens is 475 g/mol. The number of esters is 1. The average molecular weight is 501 g/mol. The van der Waals surface area contributed by atoms with E-state index in [0.717, 1.165) is 9.87 Å². The number of anilines is 2. The predicted molar refractivity (Wildman–Crippen MR) is 129 cm³/mol. The van der Waals surface area contributed by atoms with E-state index in [2.05, 4.69) is 5.32 Å². The largest absolute Gasteiger partial charge is 0.482 e. The summed E-state index contributed by atoms with van der Waals surface area (Å²) in [6.07, 6.45) is 0. The number of halogens is 1. The lowest BCUT2D eigenvalue weighted by molar-refractivity contribution is -0.149. The summed E-state index contributed by atoms with van der Waals surface area (Å²) < 4.78 is 50.7. The smallest absolute Gasteiger partial charge is 0.344 e. The van der Waals surface area contributed by atoms with E-state index in [1.54, 1.807) is 37.3 Å². The van der Waals surface area contributed by atoms with Crippen molar-refractivity contribution in [1.82, 2.24) is 0 Å². The first kappa shape index (κ1) is 25.7. The van der Waals surface area contributed by atoms with Gasteiger partial charge in [-0.1, -0.05) is 23.8 Å². The molecule has 3 aromatic rings. The third kappa shape index (κ3) is 6.80. The lowest BCUT2D eigenvalue weighted by Gasteiger charge is -2.20. The topological polar surface area (TPSA) is 102 Å². The number of carbonyl (C=O) groups excluding carboxylic acids is 2. The minimum absolute atomic E-state index is 0.0117. The van der Waals surface area contributed by atoms with E-state index in [0.29, 0.717) is 17.0 Å². The Morgan fingerprint density at radius 2 is 1.54 bits per heavy atom.